The number of sulfonamides is 1. The lowest BCUT2D eigenvalue weighted by atomic mass is 10.1. The van der Waals surface area contributed by atoms with E-state index in [0.717, 1.165) is 6.07 Å². The molecule has 3 N–H and O–H groups in total. The van der Waals surface area contributed by atoms with Crippen LogP contribution in [-0.2, 0) is 10.0 Å². The number of hydrogen-bond donors (Lipinski definition) is 3. The molecule has 0 saturated heterocycles. The molecule has 7 heteroatoms. The molecule has 1 aromatic carbocycles. The zero-order valence-electron chi connectivity index (χ0n) is 12.0. The number of benzene rings is 1. The molecule has 6 nitrogen and oxygen atoms in total. The first-order valence-corrected chi connectivity index (χ1v) is 7.70. The third kappa shape index (κ3) is 4.21. The third-order valence-corrected chi connectivity index (χ3v) is 3.92. The zero-order chi connectivity index (χ0) is 15.6. The van der Waals surface area contributed by atoms with Crippen molar-refractivity contribution in [3.63, 3.8) is 0 Å². The predicted octanol–water partition coefficient (Wildman–Crippen LogP) is 1.89. The zero-order valence-corrected chi connectivity index (χ0v) is 12.8. The van der Waals surface area contributed by atoms with Gasteiger partial charge < -0.3 is 10.4 Å². The smallest absolute Gasteiger partial charge is 0.337 e. The maximum atomic E-state index is 11.9. The normalized spacial score (nSPS) is 12.2. The average molecular weight is 300 g/mol. The Morgan fingerprint density at radius 3 is 2.35 bits per heavy atom. The minimum atomic E-state index is -3.67. The molecule has 0 heterocycles. The molecule has 20 heavy (non-hydrogen) atoms. The van der Waals surface area contributed by atoms with E-state index in [9.17, 15) is 18.3 Å². The van der Waals surface area contributed by atoms with Gasteiger partial charge in [0.15, 0.2) is 0 Å². The van der Waals surface area contributed by atoms with Gasteiger partial charge in [-0.15, -0.1) is 0 Å². The summed E-state index contributed by atoms with van der Waals surface area (Å²) in [7, 11) is -3.67. The van der Waals surface area contributed by atoms with E-state index in [-0.39, 0.29) is 22.5 Å². The van der Waals surface area contributed by atoms with Crippen molar-refractivity contribution in [3.05, 3.63) is 23.8 Å². The number of rotatable bonds is 5. The number of hydrogen-bond acceptors (Lipinski definition) is 4. The molecule has 0 aromatic heterocycles. The Labute approximate surface area is 119 Å². The first kappa shape index (κ1) is 16.5. The summed E-state index contributed by atoms with van der Waals surface area (Å²) in [5.41, 5.74) is -0.00828. The minimum Gasteiger partial charge on any atom is -0.478 e. The van der Waals surface area contributed by atoms with Gasteiger partial charge in [-0.1, -0.05) is 6.92 Å². The summed E-state index contributed by atoms with van der Waals surface area (Å²) in [5.74, 6) is -1.18. The number of nitrogens with one attached hydrogen (secondary N) is 2. The standard InChI is InChI=1S/C13H20N2O4S/c1-5-14-20(18,19)9-6-7-11(15-13(2,3)4)10(8-9)12(16)17/h6-8,14-15H,5H2,1-4H3,(H,16,17). The van der Waals surface area contributed by atoms with Crippen LogP contribution in [0.1, 0.15) is 38.1 Å². The summed E-state index contributed by atoms with van der Waals surface area (Å²) in [4.78, 5) is 11.2. The number of carbonyl (C=O) groups is 1. The van der Waals surface area contributed by atoms with Crippen LogP contribution >= 0.6 is 0 Å². The maximum Gasteiger partial charge on any atom is 0.337 e. The summed E-state index contributed by atoms with van der Waals surface area (Å²) >= 11 is 0. The molecular formula is C13H20N2O4S. The molecular weight excluding hydrogens is 280 g/mol. The van der Waals surface area contributed by atoms with Crippen molar-refractivity contribution < 1.29 is 18.3 Å². The fraction of sp³-hybridized carbons (Fsp3) is 0.462. The summed E-state index contributed by atoms with van der Waals surface area (Å²) in [6, 6.07) is 4.02. The van der Waals surface area contributed by atoms with Crippen LogP contribution in [0, 0.1) is 0 Å². The number of anilines is 1. The van der Waals surface area contributed by atoms with Crippen LogP contribution in [0.25, 0.3) is 0 Å². The second kappa shape index (κ2) is 5.80. The monoisotopic (exact) mass is 300 g/mol. The Balaban J connectivity index is 3.31. The number of aromatic carboxylic acids is 1. The molecule has 112 valence electrons. The second-order valence-corrected chi connectivity index (χ2v) is 7.16. The van der Waals surface area contributed by atoms with Crippen molar-refractivity contribution in [2.45, 2.75) is 38.1 Å². The molecule has 0 aliphatic rings. The van der Waals surface area contributed by atoms with E-state index in [2.05, 4.69) is 10.0 Å². The van der Waals surface area contributed by atoms with Crippen molar-refractivity contribution in [2.75, 3.05) is 11.9 Å². The molecule has 0 spiro atoms. The SMILES string of the molecule is CCNS(=O)(=O)c1ccc(NC(C)(C)C)c(C(=O)O)c1. The van der Waals surface area contributed by atoms with Crippen LogP contribution in [0.3, 0.4) is 0 Å². The van der Waals surface area contributed by atoms with Gasteiger partial charge in [0.25, 0.3) is 0 Å². The summed E-state index contributed by atoms with van der Waals surface area (Å²) in [6.45, 7) is 7.57. The maximum absolute atomic E-state index is 11.9. The molecule has 0 saturated carbocycles. The summed E-state index contributed by atoms with van der Waals surface area (Å²) in [6.07, 6.45) is 0. The van der Waals surface area contributed by atoms with E-state index < -0.39 is 16.0 Å². The van der Waals surface area contributed by atoms with E-state index in [1.54, 1.807) is 6.92 Å². The number of carboxylic acid groups (broad SMARTS) is 1. The fourth-order valence-electron chi connectivity index (χ4n) is 1.65. The van der Waals surface area contributed by atoms with Crippen molar-refractivity contribution in [1.29, 1.82) is 0 Å². The highest BCUT2D eigenvalue weighted by Crippen LogP contribution is 2.23. The number of carboxylic acids is 1. The second-order valence-electron chi connectivity index (χ2n) is 5.39. The fourth-order valence-corrected chi connectivity index (χ4v) is 2.72. The van der Waals surface area contributed by atoms with Gasteiger partial charge in [0.05, 0.1) is 10.5 Å². The Hall–Kier alpha value is -1.60. The lowest BCUT2D eigenvalue weighted by Gasteiger charge is -2.23. The topological polar surface area (TPSA) is 95.5 Å². The molecule has 0 fully saturated rings. The first-order chi connectivity index (χ1) is 9.07. The first-order valence-electron chi connectivity index (χ1n) is 6.22. The average Bonchev–Trinajstić information content (AvgIpc) is 2.26. The van der Waals surface area contributed by atoms with Crippen LogP contribution in [0.4, 0.5) is 5.69 Å². The van der Waals surface area contributed by atoms with Crippen molar-refractivity contribution in [2.24, 2.45) is 0 Å². The van der Waals surface area contributed by atoms with E-state index in [0.29, 0.717) is 5.69 Å². The third-order valence-electron chi connectivity index (χ3n) is 2.38. The Kier molecular flexibility index (Phi) is 4.77. The molecule has 0 aliphatic heterocycles. The lowest BCUT2D eigenvalue weighted by Crippen LogP contribution is -2.28. The minimum absolute atomic E-state index is 0.0591. The van der Waals surface area contributed by atoms with Gasteiger partial charge in [-0.3, -0.25) is 0 Å². The van der Waals surface area contributed by atoms with Crippen LogP contribution in [0.5, 0.6) is 0 Å². The van der Waals surface area contributed by atoms with Gasteiger partial charge >= 0.3 is 5.97 Å². The molecule has 0 aliphatic carbocycles. The van der Waals surface area contributed by atoms with Crippen LogP contribution in [0.15, 0.2) is 23.1 Å². The predicted molar refractivity (Wildman–Crippen MR) is 77.6 cm³/mol. The van der Waals surface area contributed by atoms with Gasteiger partial charge in [-0.05, 0) is 39.0 Å². The van der Waals surface area contributed by atoms with Gasteiger partial charge in [0.1, 0.15) is 0 Å². The van der Waals surface area contributed by atoms with E-state index in [1.165, 1.54) is 12.1 Å². The van der Waals surface area contributed by atoms with Crippen molar-refractivity contribution in [3.8, 4) is 0 Å². The van der Waals surface area contributed by atoms with Gasteiger partial charge in [0, 0.05) is 17.8 Å². The van der Waals surface area contributed by atoms with Crippen LogP contribution in [-0.4, -0.2) is 31.6 Å². The molecule has 0 radical (unpaired) electrons. The molecule has 0 bridgehead atoms. The molecule has 0 atom stereocenters. The Morgan fingerprint density at radius 2 is 1.90 bits per heavy atom. The van der Waals surface area contributed by atoms with E-state index in [4.69, 9.17) is 0 Å². The van der Waals surface area contributed by atoms with E-state index in [1.807, 2.05) is 20.8 Å². The van der Waals surface area contributed by atoms with E-state index >= 15 is 0 Å². The molecule has 0 amide bonds. The summed E-state index contributed by atoms with van der Waals surface area (Å²) < 4.78 is 26.1. The highest BCUT2D eigenvalue weighted by Gasteiger charge is 2.20. The van der Waals surface area contributed by atoms with Gasteiger partial charge in [0.2, 0.25) is 10.0 Å². The van der Waals surface area contributed by atoms with Crippen molar-refractivity contribution in [1.82, 2.24) is 4.72 Å². The van der Waals surface area contributed by atoms with Crippen molar-refractivity contribution >= 4 is 21.7 Å². The molecule has 1 rings (SSSR count). The van der Waals surface area contributed by atoms with Gasteiger partial charge in [-0.25, -0.2) is 17.9 Å². The highest BCUT2D eigenvalue weighted by atomic mass is 32.2. The Morgan fingerprint density at radius 1 is 1.30 bits per heavy atom. The highest BCUT2D eigenvalue weighted by molar-refractivity contribution is 7.89. The van der Waals surface area contributed by atoms with Crippen LogP contribution < -0.4 is 10.0 Å². The Bertz CT molecular complexity index is 603. The summed E-state index contributed by atoms with van der Waals surface area (Å²) in [5, 5.41) is 12.3. The lowest BCUT2D eigenvalue weighted by molar-refractivity contribution is 0.0697. The molecule has 0 unspecified atom stereocenters. The quantitative estimate of drug-likeness (QED) is 0.772. The van der Waals surface area contributed by atoms with Gasteiger partial charge in [-0.2, -0.15) is 0 Å². The molecule has 1 aromatic rings. The van der Waals surface area contributed by atoms with Crippen LogP contribution in [0.2, 0.25) is 0 Å². The largest absolute Gasteiger partial charge is 0.478 e.